The Kier molecular flexibility index (Phi) is 12.4. The molecule has 2 unspecified atom stereocenters. The largest absolute Gasteiger partial charge is 0.493 e. The van der Waals surface area contributed by atoms with Crippen molar-refractivity contribution in [2.45, 2.75) is 51.6 Å². The Hall–Kier alpha value is -3.48. The molecule has 1 amide bonds. The maximum atomic E-state index is 12.6. The van der Waals surface area contributed by atoms with Crippen molar-refractivity contribution in [3.05, 3.63) is 47.0 Å². The van der Waals surface area contributed by atoms with Crippen molar-refractivity contribution < 1.29 is 28.8 Å². The zero-order chi connectivity index (χ0) is 29.0. The number of hydrogen-bond acceptors (Lipinski definition) is 8. The van der Waals surface area contributed by atoms with Gasteiger partial charge in [0.05, 0.1) is 46.0 Å². The zero-order valence-electron chi connectivity index (χ0n) is 24.2. The molecule has 3 N–H and O–H groups in total. The minimum atomic E-state index is -0.889. The number of benzene rings is 2. The van der Waals surface area contributed by atoms with Gasteiger partial charge in [0.15, 0.2) is 23.0 Å². The normalized spacial score (nSPS) is 13.2. The lowest BCUT2D eigenvalue weighted by atomic mass is 9.69. The van der Waals surface area contributed by atoms with Crippen LogP contribution in [-0.2, 0) is 11.8 Å². The molecule has 0 bridgehead atoms. The topological polar surface area (TPSA) is 122 Å². The summed E-state index contributed by atoms with van der Waals surface area (Å²) in [6.45, 7) is 7.51. The quantitative estimate of drug-likeness (QED) is 0.274. The first-order valence-corrected chi connectivity index (χ1v) is 13.3. The molecule has 0 heterocycles. The second kappa shape index (κ2) is 15.2. The molecule has 0 saturated heterocycles. The Morgan fingerprint density at radius 1 is 0.974 bits per heavy atom. The summed E-state index contributed by atoms with van der Waals surface area (Å²) in [4.78, 5) is 12.6. The smallest absolute Gasteiger partial charge is 0.251 e. The molecular formula is C30H43N3O6. The molecule has 9 nitrogen and oxygen atoms in total. The summed E-state index contributed by atoms with van der Waals surface area (Å²) in [5.41, 5.74) is 1.28. The van der Waals surface area contributed by atoms with E-state index in [0.29, 0.717) is 61.0 Å². The molecule has 9 heteroatoms. The molecule has 0 aliphatic rings. The van der Waals surface area contributed by atoms with Crippen LogP contribution in [0.25, 0.3) is 0 Å². The average molecular weight is 542 g/mol. The van der Waals surface area contributed by atoms with E-state index in [-0.39, 0.29) is 18.2 Å². The minimum absolute atomic E-state index is 0.0408. The fourth-order valence-electron chi connectivity index (χ4n) is 4.73. The van der Waals surface area contributed by atoms with Crippen molar-refractivity contribution in [2.24, 2.45) is 5.92 Å². The van der Waals surface area contributed by atoms with Crippen molar-refractivity contribution in [1.82, 2.24) is 10.6 Å². The van der Waals surface area contributed by atoms with E-state index in [4.69, 9.17) is 18.9 Å². The first-order valence-electron chi connectivity index (χ1n) is 13.3. The Balaban J connectivity index is 2.06. The second-order valence-corrected chi connectivity index (χ2v) is 9.68. The summed E-state index contributed by atoms with van der Waals surface area (Å²) >= 11 is 0. The third-order valence-corrected chi connectivity index (χ3v) is 7.06. The number of ether oxygens (including phenoxy) is 4. The lowest BCUT2D eigenvalue weighted by Gasteiger charge is -2.33. The number of hydrogen-bond donors (Lipinski definition) is 3. The number of rotatable bonds is 16. The van der Waals surface area contributed by atoms with Crippen molar-refractivity contribution in [3.8, 4) is 29.1 Å². The van der Waals surface area contributed by atoms with Crippen LogP contribution in [0.4, 0.5) is 0 Å². The van der Waals surface area contributed by atoms with Gasteiger partial charge in [0.1, 0.15) is 0 Å². The van der Waals surface area contributed by atoms with Crippen LogP contribution >= 0.6 is 0 Å². The van der Waals surface area contributed by atoms with Crippen LogP contribution in [0.15, 0.2) is 30.3 Å². The Morgan fingerprint density at radius 3 is 2.15 bits per heavy atom. The monoisotopic (exact) mass is 541 g/mol. The van der Waals surface area contributed by atoms with Crippen molar-refractivity contribution in [1.29, 1.82) is 5.26 Å². The summed E-state index contributed by atoms with van der Waals surface area (Å²) in [5, 5.41) is 27.4. The number of nitrogens with one attached hydrogen (secondary N) is 2. The van der Waals surface area contributed by atoms with Gasteiger partial charge >= 0.3 is 0 Å². The number of amides is 1. The first kappa shape index (κ1) is 31.7. The predicted molar refractivity (Wildman–Crippen MR) is 151 cm³/mol. The van der Waals surface area contributed by atoms with E-state index in [9.17, 15) is 15.2 Å². The van der Waals surface area contributed by atoms with Gasteiger partial charge in [0.2, 0.25) is 0 Å². The number of carbonyl (C=O) groups excluding carboxylic acids is 1. The molecule has 214 valence electrons. The number of methoxy groups -OCH3 is 4. The highest BCUT2D eigenvalue weighted by molar-refractivity contribution is 5.96. The summed E-state index contributed by atoms with van der Waals surface area (Å²) in [6, 6.07) is 11.5. The van der Waals surface area contributed by atoms with Gasteiger partial charge in [-0.05, 0) is 80.6 Å². The van der Waals surface area contributed by atoms with Crippen LogP contribution in [0, 0.1) is 17.2 Å². The number of aliphatic hydroxyl groups is 1. The molecule has 0 saturated carbocycles. The van der Waals surface area contributed by atoms with E-state index in [1.807, 2.05) is 39.0 Å². The molecule has 0 aromatic heterocycles. The molecule has 0 spiro atoms. The third-order valence-electron chi connectivity index (χ3n) is 7.06. The number of aliphatic hydroxyl groups excluding tert-OH is 1. The lowest BCUT2D eigenvalue weighted by molar-refractivity contribution is 0.0954. The van der Waals surface area contributed by atoms with Gasteiger partial charge in [-0.3, -0.25) is 4.79 Å². The van der Waals surface area contributed by atoms with E-state index >= 15 is 0 Å². The summed E-state index contributed by atoms with van der Waals surface area (Å²) < 4.78 is 21.6. The highest BCUT2D eigenvalue weighted by atomic mass is 16.5. The molecule has 0 fully saturated rings. The summed E-state index contributed by atoms with van der Waals surface area (Å²) in [5.74, 6) is 1.99. The van der Waals surface area contributed by atoms with Crippen LogP contribution in [0.1, 0.15) is 55.1 Å². The molecule has 0 aliphatic heterocycles. The Morgan fingerprint density at radius 2 is 1.59 bits per heavy atom. The van der Waals surface area contributed by atoms with E-state index < -0.39 is 11.5 Å². The maximum absolute atomic E-state index is 12.6. The van der Waals surface area contributed by atoms with Crippen LogP contribution in [0.2, 0.25) is 0 Å². The van der Waals surface area contributed by atoms with Crippen LogP contribution in [-0.4, -0.2) is 65.2 Å². The standard InChI is InChI=1S/C30H43N3O6/c1-8-33-29(35)24-17-28(39-7)26(37-5)15-21(24)11-13-32-14-12-23(34)18-30(19-31,20(2)3)22-9-10-25(36-4)27(16-22)38-6/h9-10,15-17,20,23,32,34H,8,11-14,18H2,1-7H3,(H,33,35). The first-order chi connectivity index (χ1) is 18.7. The van der Waals surface area contributed by atoms with E-state index in [1.54, 1.807) is 33.5 Å². The number of carbonyl (C=O) groups is 1. The van der Waals surface area contributed by atoms with Gasteiger partial charge in [-0.1, -0.05) is 19.9 Å². The van der Waals surface area contributed by atoms with E-state index in [2.05, 4.69) is 16.7 Å². The van der Waals surface area contributed by atoms with Gasteiger partial charge < -0.3 is 34.7 Å². The van der Waals surface area contributed by atoms with Gasteiger partial charge in [-0.25, -0.2) is 0 Å². The zero-order valence-corrected chi connectivity index (χ0v) is 24.2. The van der Waals surface area contributed by atoms with E-state index in [1.165, 1.54) is 7.11 Å². The third kappa shape index (κ3) is 7.78. The van der Waals surface area contributed by atoms with Gasteiger partial charge in [0, 0.05) is 12.1 Å². The maximum Gasteiger partial charge on any atom is 0.251 e. The lowest BCUT2D eigenvalue weighted by Crippen LogP contribution is -2.36. The van der Waals surface area contributed by atoms with Crippen molar-refractivity contribution >= 4 is 5.91 Å². The van der Waals surface area contributed by atoms with Gasteiger partial charge in [-0.15, -0.1) is 0 Å². The van der Waals surface area contributed by atoms with Crippen molar-refractivity contribution in [2.75, 3.05) is 48.1 Å². The van der Waals surface area contributed by atoms with E-state index in [0.717, 1.165) is 11.1 Å². The Bertz CT molecular complexity index is 1130. The van der Waals surface area contributed by atoms with Gasteiger partial charge in [0.25, 0.3) is 5.91 Å². The minimum Gasteiger partial charge on any atom is -0.493 e. The fourth-order valence-corrected chi connectivity index (χ4v) is 4.73. The molecule has 2 aromatic carbocycles. The number of nitriles is 1. The van der Waals surface area contributed by atoms with Crippen LogP contribution < -0.4 is 29.6 Å². The molecule has 2 atom stereocenters. The van der Waals surface area contributed by atoms with Gasteiger partial charge in [-0.2, -0.15) is 5.26 Å². The molecule has 39 heavy (non-hydrogen) atoms. The summed E-state index contributed by atoms with van der Waals surface area (Å²) in [7, 11) is 6.23. The fraction of sp³-hybridized carbons (Fsp3) is 0.533. The van der Waals surface area contributed by atoms with Crippen LogP contribution in [0.3, 0.4) is 0 Å². The SMILES string of the molecule is CCNC(=O)c1cc(OC)c(OC)cc1CCNCCC(O)CC(C#N)(c1ccc(OC)c(OC)c1)C(C)C. The van der Waals surface area contributed by atoms with Crippen LogP contribution in [0.5, 0.6) is 23.0 Å². The highest BCUT2D eigenvalue weighted by Gasteiger charge is 2.38. The van der Waals surface area contributed by atoms with Crippen molar-refractivity contribution in [3.63, 3.8) is 0 Å². The average Bonchev–Trinajstić information content (AvgIpc) is 2.94. The highest BCUT2D eigenvalue weighted by Crippen LogP contribution is 2.40. The Labute approximate surface area is 232 Å². The summed E-state index contributed by atoms with van der Waals surface area (Å²) in [6.07, 6.45) is 0.649. The molecule has 0 radical (unpaired) electrons. The number of nitrogens with zero attached hydrogens (tertiary/aromatic N) is 1. The molecule has 0 aliphatic carbocycles. The molecule has 2 aromatic rings. The molecular weight excluding hydrogens is 498 g/mol. The second-order valence-electron chi connectivity index (χ2n) is 9.68. The predicted octanol–water partition coefficient (Wildman–Crippen LogP) is 3.86. The molecule has 2 rings (SSSR count).